The van der Waals surface area contributed by atoms with Crippen molar-refractivity contribution >= 4 is 40.0 Å². The molecule has 0 spiro atoms. The van der Waals surface area contributed by atoms with Crippen LogP contribution in [-0.4, -0.2) is 33.8 Å². The van der Waals surface area contributed by atoms with E-state index in [0.29, 0.717) is 21.3 Å². The molecule has 2 aliphatic rings. The summed E-state index contributed by atoms with van der Waals surface area (Å²) in [7, 11) is 0. The Balaban J connectivity index is 1.43. The molecule has 120 valence electrons. The molecule has 0 bridgehead atoms. The van der Waals surface area contributed by atoms with Gasteiger partial charge in [0.05, 0.1) is 5.75 Å². The highest BCUT2D eigenvalue weighted by atomic mass is 32.2. The Kier molecular flexibility index (Phi) is 5.30. The van der Waals surface area contributed by atoms with Gasteiger partial charge in [0.2, 0.25) is 16.9 Å². The summed E-state index contributed by atoms with van der Waals surface area (Å²) >= 11 is 2.69. The van der Waals surface area contributed by atoms with Gasteiger partial charge in [-0.15, -0.1) is 10.2 Å². The number of rotatable bonds is 6. The van der Waals surface area contributed by atoms with Gasteiger partial charge in [0.15, 0.2) is 4.34 Å². The van der Waals surface area contributed by atoms with Crippen LogP contribution in [0.25, 0.3) is 0 Å². The average molecular weight is 340 g/mol. The third kappa shape index (κ3) is 4.67. The lowest BCUT2D eigenvalue weighted by atomic mass is 9.89. The molecule has 0 aliphatic heterocycles. The Hall–Kier alpha value is -1.15. The lowest BCUT2D eigenvalue weighted by Gasteiger charge is -2.19. The smallest absolute Gasteiger partial charge is 0.230 e. The SMILES string of the molecule is O=C(CSc1nnc(NC(=O)C2CCCCC2)s1)NC1CC1. The summed E-state index contributed by atoms with van der Waals surface area (Å²) in [5.41, 5.74) is 0. The van der Waals surface area contributed by atoms with E-state index >= 15 is 0 Å². The fourth-order valence-electron chi connectivity index (χ4n) is 2.52. The molecule has 0 radical (unpaired) electrons. The number of anilines is 1. The van der Waals surface area contributed by atoms with Crippen LogP contribution >= 0.6 is 23.1 Å². The summed E-state index contributed by atoms with van der Waals surface area (Å²) in [6.07, 6.45) is 7.60. The van der Waals surface area contributed by atoms with Gasteiger partial charge in [-0.1, -0.05) is 42.4 Å². The second-order valence-electron chi connectivity index (χ2n) is 5.83. The first-order chi connectivity index (χ1) is 10.7. The molecule has 2 N–H and O–H groups in total. The molecule has 0 unspecified atom stereocenters. The van der Waals surface area contributed by atoms with Gasteiger partial charge in [-0.2, -0.15) is 0 Å². The molecule has 0 aromatic carbocycles. The summed E-state index contributed by atoms with van der Waals surface area (Å²) in [6.45, 7) is 0. The molecule has 3 rings (SSSR count). The van der Waals surface area contributed by atoms with Crippen molar-refractivity contribution < 1.29 is 9.59 Å². The Bertz CT molecular complexity index is 539. The predicted octanol–water partition coefficient (Wildman–Crippen LogP) is 2.43. The van der Waals surface area contributed by atoms with Crippen LogP contribution in [0.1, 0.15) is 44.9 Å². The van der Waals surface area contributed by atoms with Crippen molar-refractivity contribution in [2.45, 2.75) is 55.3 Å². The van der Waals surface area contributed by atoms with Gasteiger partial charge in [0.1, 0.15) is 0 Å². The number of hydrogen-bond acceptors (Lipinski definition) is 6. The number of amides is 2. The van der Waals surface area contributed by atoms with E-state index in [1.807, 2.05) is 0 Å². The van der Waals surface area contributed by atoms with Crippen LogP contribution in [0, 0.1) is 5.92 Å². The second kappa shape index (κ2) is 7.41. The number of carbonyl (C=O) groups is 2. The van der Waals surface area contributed by atoms with E-state index in [1.165, 1.54) is 29.5 Å². The molecule has 2 aliphatic carbocycles. The van der Waals surface area contributed by atoms with Gasteiger partial charge in [-0.25, -0.2) is 0 Å². The first kappa shape index (κ1) is 15.7. The van der Waals surface area contributed by atoms with Crippen LogP contribution in [0.2, 0.25) is 0 Å². The van der Waals surface area contributed by atoms with E-state index in [9.17, 15) is 9.59 Å². The van der Waals surface area contributed by atoms with Crippen LogP contribution in [0.15, 0.2) is 4.34 Å². The number of carbonyl (C=O) groups excluding carboxylic acids is 2. The van der Waals surface area contributed by atoms with E-state index in [-0.39, 0.29) is 17.7 Å². The fraction of sp³-hybridized carbons (Fsp3) is 0.714. The number of hydrogen-bond donors (Lipinski definition) is 2. The Morgan fingerprint density at radius 2 is 1.91 bits per heavy atom. The first-order valence-corrected chi connectivity index (χ1v) is 9.57. The molecule has 1 aromatic heterocycles. The molecule has 22 heavy (non-hydrogen) atoms. The topological polar surface area (TPSA) is 84.0 Å². The standard InChI is InChI=1S/C14H20N4O2S2/c19-11(15-10-6-7-10)8-21-14-18-17-13(22-14)16-12(20)9-4-2-1-3-5-9/h9-10H,1-8H2,(H,15,19)(H,16,17,20). The lowest BCUT2D eigenvalue weighted by Crippen LogP contribution is -2.26. The Morgan fingerprint density at radius 3 is 2.64 bits per heavy atom. The molecule has 2 saturated carbocycles. The van der Waals surface area contributed by atoms with E-state index in [1.54, 1.807) is 0 Å². The van der Waals surface area contributed by atoms with Crippen LogP contribution < -0.4 is 10.6 Å². The maximum absolute atomic E-state index is 12.1. The van der Waals surface area contributed by atoms with Gasteiger partial charge in [0.25, 0.3) is 0 Å². The summed E-state index contributed by atoms with van der Waals surface area (Å²) in [5, 5.41) is 14.3. The average Bonchev–Trinajstić information content (AvgIpc) is 3.23. The molecule has 1 heterocycles. The molecule has 8 heteroatoms. The third-order valence-electron chi connectivity index (χ3n) is 3.88. The van der Waals surface area contributed by atoms with Gasteiger partial charge in [-0.05, 0) is 25.7 Å². The summed E-state index contributed by atoms with van der Waals surface area (Å²) < 4.78 is 0.713. The van der Waals surface area contributed by atoms with Crippen molar-refractivity contribution in [3.63, 3.8) is 0 Å². The van der Waals surface area contributed by atoms with Crippen molar-refractivity contribution in [2.75, 3.05) is 11.1 Å². The van der Waals surface area contributed by atoms with Crippen LogP contribution in [0.5, 0.6) is 0 Å². The first-order valence-electron chi connectivity index (χ1n) is 7.77. The van der Waals surface area contributed by atoms with E-state index in [4.69, 9.17) is 0 Å². The predicted molar refractivity (Wildman–Crippen MR) is 87.0 cm³/mol. The molecule has 2 fully saturated rings. The van der Waals surface area contributed by atoms with Gasteiger partial charge < -0.3 is 10.6 Å². The van der Waals surface area contributed by atoms with Crippen molar-refractivity contribution in [1.29, 1.82) is 0 Å². The quantitative estimate of drug-likeness (QED) is 0.614. The zero-order chi connectivity index (χ0) is 15.4. The number of aromatic nitrogens is 2. The Labute approximate surface area is 137 Å². The van der Waals surface area contributed by atoms with Gasteiger partial charge >= 0.3 is 0 Å². The van der Waals surface area contributed by atoms with Crippen molar-refractivity contribution in [3.8, 4) is 0 Å². The minimum absolute atomic E-state index is 0.0375. The van der Waals surface area contributed by atoms with Crippen molar-refractivity contribution in [2.24, 2.45) is 5.92 Å². The van der Waals surface area contributed by atoms with Gasteiger partial charge in [0, 0.05) is 12.0 Å². The molecular weight excluding hydrogens is 320 g/mol. The largest absolute Gasteiger partial charge is 0.353 e. The molecule has 0 saturated heterocycles. The maximum atomic E-state index is 12.1. The zero-order valence-electron chi connectivity index (χ0n) is 12.3. The summed E-state index contributed by atoms with van der Waals surface area (Å²) in [4.78, 5) is 23.7. The number of nitrogens with zero attached hydrogens (tertiary/aromatic N) is 2. The highest BCUT2D eigenvalue weighted by Crippen LogP contribution is 2.28. The monoisotopic (exact) mass is 340 g/mol. The molecular formula is C14H20N4O2S2. The van der Waals surface area contributed by atoms with Crippen LogP contribution in [-0.2, 0) is 9.59 Å². The maximum Gasteiger partial charge on any atom is 0.230 e. The zero-order valence-corrected chi connectivity index (χ0v) is 14.0. The lowest BCUT2D eigenvalue weighted by molar-refractivity contribution is -0.121. The number of nitrogens with one attached hydrogen (secondary N) is 2. The van der Waals surface area contributed by atoms with Crippen LogP contribution in [0.3, 0.4) is 0 Å². The highest BCUT2D eigenvalue weighted by Gasteiger charge is 2.24. The van der Waals surface area contributed by atoms with E-state index < -0.39 is 0 Å². The normalized spacial score (nSPS) is 18.9. The summed E-state index contributed by atoms with van der Waals surface area (Å²) in [6, 6.07) is 0.382. The minimum atomic E-state index is 0.0375. The van der Waals surface area contributed by atoms with Crippen molar-refractivity contribution in [1.82, 2.24) is 15.5 Å². The highest BCUT2D eigenvalue weighted by molar-refractivity contribution is 8.01. The molecule has 0 atom stereocenters. The van der Waals surface area contributed by atoms with Gasteiger partial charge in [-0.3, -0.25) is 9.59 Å². The fourth-order valence-corrected chi connectivity index (χ4v) is 4.08. The second-order valence-corrected chi connectivity index (χ2v) is 8.03. The van der Waals surface area contributed by atoms with Crippen molar-refractivity contribution in [3.05, 3.63) is 0 Å². The minimum Gasteiger partial charge on any atom is -0.353 e. The summed E-state index contributed by atoms with van der Waals surface area (Å²) in [5.74, 6) is 0.550. The third-order valence-corrected chi connectivity index (χ3v) is 5.85. The molecule has 6 nitrogen and oxygen atoms in total. The Morgan fingerprint density at radius 1 is 1.14 bits per heavy atom. The molecule has 1 aromatic rings. The van der Waals surface area contributed by atoms with Crippen LogP contribution in [0.4, 0.5) is 5.13 Å². The number of thioether (sulfide) groups is 1. The molecule has 2 amide bonds. The van der Waals surface area contributed by atoms with E-state index in [0.717, 1.165) is 38.5 Å². The van der Waals surface area contributed by atoms with E-state index in [2.05, 4.69) is 20.8 Å².